The Labute approximate surface area is 83.6 Å². The SMILES string of the molecule is CCC(CC)(CC)NCC=C(C)C. The molecule has 0 aliphatic rings. The van der Waals surface area contributed by atoms with Crippen molar-refractivity contribution in [2.24, 2.45) is 0 Å². The minimum atomic E-state index is 0.367. The molecule has 0 amide bonds. The molecule has 0 rings (SSSR count). The Morgan fingerprint density at radius 1 is 1.08 bits per heavy atom. The number of rotatable bonds is 6. The maximum absolute atomic E-state index is 3.64. The molecule has 1 N–H and O–H groups in total. The van der Waals surface area contributed by atoms with Gasteiger partial charge in [0.05, 0.1) is 0 Å². The van der Waals surface area contributed by atoms with Crippen molar-refractivity contribution in [1.29, 1.82) is 0 Å². The zero-order chi connectivity index (χ0) is 10.3. The fraction of sp³-hybridized carbons (Fsp3) is 0.833. The molecule has 78 valence electrons. The third kappa shape index (κ3) is 4.47. The first-order valence-corrected chi connectivity index (χ1v) is 5.48. The van der Waals surface area contributed by atoms with Gasteiger partial charge < -0.3 is 5.32 Å². The first-order valence-electron chi connectivity index (χ1n) is 5.48. The molecule has 0 spiro atoms. The first kappa shape index (κ1) is 12.7. The molecule has 0 atom stereocenters. The monoisotopic (exact) mass is 183 g/mol. The summed E-state index contributed by atoms with van der Waals surface area (Å²) in [6, 6.07) is 0. The Balaban J connectivity index is 4.03. The van der Waals surface area contributed by atoms with Gasteiger partial charge in [-0.2, -0.15) is 0 Å². The van der Waals surface area contributed by atoms with Crippen molar-refractivity contribution in [3.8, 4) is 0 Å². The second kappa shape index (κ2) is 6.20. The smallest absolute Gasteiger partial charge is 0.0176 e. The van der Waals surface area contributed by atoms with Crippen LogP contribution >= 0.6 is 0 Å². The molecule has 0 aromatic heterocycles. The molecule has 0 saturated carbocycles. The molecule has 0 heterocycles. The fourth-order valence-electron chi connectivity index (χ4n) is 1.60. The summed E-state index contributed by atoms with van der Waals surface area (Å²) in [7, 11) is 0. The summed E-state index contributed by atoms with van der Waals surface area (Å²) in [4.78, 5) is 0. The van der Waals surface area contributed by atoms with Crippen LogP contribution in [0.4, 0.5) is 0 Å². The van der Waals surface area contributed by atoms with Gasteiger partial charge in [0.25, 0.3) is 0 Å². The van der Waals surface area contributed by atoms with Crippen LogP contribution in [0.2, 0.25) is 0 Å². The molecular formula is C12H25N. The summed E-state index contributed by atoms with van der Waals surface area (Å²) >= 11 is 0. The van der Waals surface area contributed by atoms with Crippen LogP contribution in [0.1, 0.15) is 53.9 Å². The van der Waals surface area contributed by atoms with Gasteiger partial charge in [0, 0.05) is 12.1 Å². The molecule has 1 nitrogen and oxygen atoms in total. The predicted octanol–water partition coefficient (Wildman–Crippen LogP) is 3.51. The first-order chi connectivity index (χ1) is 6.10. The fourth-order valence-corrected chi connectivity index (χ4v) is 1.60. The van der Waals surface area contributed by atoms with Crippen LogP contribution in [0.5, 0.6) is 0 Å². The summed E-state index contributed by atoms with van der Waals surface area (Å²) in [6.45, 7) is 12.1. The van der Waals surface area contributed by atoms with Crippen molar-refractivity contribution in [2.75, 3.05) is 6.54 Å². The Morgan fingerprint density at radius 3 is 1.85 bits per heavy atom. The summed E-state index contributed by atoms with van der Waals surface area (Å²) in [6.07, 6.45) is 5.92. The summed E-state index contributed by atoms with van der Waals surface area (Å²) in [5.41, 5.74) is 1.76. The van der Waals surface area contributed by atoms with E-state index in [1.54, 1.807) is 0 Å². The zero-order valence-corrected chi connectivity index (χ0v) is 9.91. The molecule has 1 heteroatoms. The van der Waals surface area contributed by atoms with E-state index in [0.29, 0.717) is 5.54 Å². The van der Waals surface area contributed by atoms with Crippen LogP contribution in [-0.2, 0) is 0 Å². The van der Waals surface area contributed by atoms with E-state index < -0.39 is 0 Å². The highest BCUT2D eigenvalue weighted by molar-refractivity contribution is 4.96. The van der Waals surface area contributed by atoms with Crippen LogP contribution in [0, 0.1) is 0 Å². The minimum absolute atomic E-state index is 0.367. The van der Waals surface area contributed by atoms with E-state index in [0.717, 1.165) is 6.54 Å². The molecule has 0 unspecified atom stereocenters. The van der Waals surface area contributed by atoms with Gasteiger partial charge in [-0.3, -0.25) is 0 Å². The standard InChI is InChI=1S/C12H25N/c1-6-12(7-2,8-3)13-10-9-11(4)5/h9,13H,6-8,10H2,1-5H3. The quantitative estimate of drug-likeness (QED) is 0.621. The average molecular weight is 183 g/mol. The lowest BCUT2D eigenvalue weighted by Gasteiger charge is -2.31. The van der Waals surface area contributed by atoms with Crippen LogP contribution in [-0.4, -0.2) is 12.1 Å². The van der Waals surface area contributed by atoms with Gasteiger partial charge in [-0.05, 0) is 33.1 Å². The highest BCUT2D eigenvalue weighted by atomic mass is 15.0. The van der Waals surface area contributed by atoms with Crippen LogP contribution in [0.15, 0.2) is 11.6 Å². The second-order valence-corrected chi connectivity index (χ2v) is 4.00. The van der Waals surface area contributed by atoms with Crippen molar-refractivity contribution in [2.45, 2.75) is 59.4 Å². The summed E-state index contributed by atoms with van der Waals surface area (Å²) in [5, 5.41) is 3.64. The highest BCUT2D eigenvalue weighted by Crippen LogP contribution is 2.18. The lowest BCUT2D eigenvalue weighted by Crippen LogP contribution is -2.43. The second-order valence-electron chi connectivity index (χ2n) is 4.00. The molecule has 0 aromatic carbocycles. The summed E-state index contributed by atoms with van der Waals surface area (Å²) in [5.74, 6) is 0. The number of nitrogens with one attached hydrogen (secondary N) is 1. The summed E-state index contributed by atoms with van der Waals surface area (Å²) < 4.78 is 0. The molecule has 0 fully saturated rings. The molecule has 0 aliphatic heterocycles. The maximum Gasteiger partial charge on any atom is 0.0176 e. The van der Waals surface area contributed by atoms with Gasteiger partial charge in [0.2, 0.25) is 0 Å². The number of hydrogen-bond acceptors (Lipinski definition) is 1. The van der Waals surface area contributed by atoms with Crippen LogP contribution in [0.25, 0.3) is 0 Å². The van der Waals surface area contributed by atoms with Crippen LogP contribution < -0.4 is 5.32 Å². The number of allylic oxidation sites excluding steroid dienone is 1. The molecule has 0 aliphatic carbocycles. The van der Waals surface area contributed by atoms with E-state index in [9.17, 15) is 0 Å². The molecule has 0 radical (unpaired) electrons. The minimum Gasteiger partial charge on any atom is -0.308 e. The van der Waals surface area contributed by atoms with Crippen LogP contribution in [0.3, 0.4) is 0 Å². The third-order valence-electron chi connectivity index (χ3n) is 3.02. The Morgan fingerprint density at radius 2 is 1.54 bits per heavy atom. The lowest BCUT2D eigenvalue weighted by molar-refractivity contribution is 0.302. The van der Waals surface area contributed by atoms with Gasteiger partial charge in [0.1, 0.15) is 0 Å². The van der Waals surface area contributed by atoms with Crippen molar-refractivity contribution in [3.63, 3.8) is 0 Å². The largest absolute Gasteiger partial charge is 0.308 e. The van der Waals surface area contributed by atoms with Gasteiger partial charge >= 0.3 is 0 Å². The van der Waals surface area contributed by atoms with E-state index >= 15 is 0 Å². The molecule has 0 aromatic rings. The highest BCUT2D eigenvalue weighted by Gasteiger charge is 2.21. The van der Waals surface area contributed by atoms with Gasteiger partial charge in [-0.25, -0.2) is 0 Å². The van der Waals surface area contributed by atoms with E-state index in [1.807, 2.05) is 0 Å². The van der Waals surface area contributed by atoms with Gasteiger partial charge in [-0.1, -0.05) is 32.4 Å². The molecule has 13 heavy (non-hydrogen) atoms. The van der Waals surface area contributed by atoms with E-state index in [2.05, 4.69) is 46.0 Å². The zero-order valence-electron chi connectivity index (χ0n) is 9.91. The van der Waals surface area contributed by atoms with Crippen molar-refractivity contribution in [3.05, 3.63) is 11.6 Å². The normalized spacial score (nSPS) is 11.5. The van der Waals surface area contributed by atoms with Crippen molar-refractivity contribution < 1.29 is 0 Å². The average Bonchev–Trinajstić information content (AvgIpc) is 2.13. The van der Waals surface area contributed by atoms with E-state index in [4.69, 9.17) is 0 Å². The Hall–Kier alpha value is -0.300. The Bertz CT molecular complexity index is 142. The maximum atomic E-state index is 3.64. The van der Waals surface area contributed by atoms with Gasteiger partial charge in [0.15, 0.2) is 0 Å². The molecule has 0 bridgehead atoms. The van der Waals surface area contributed by atoms with Crippen molar-refractivity contribution >= 4 is 0 Å². The topological polar surface area (TPSA) is 12.0 Å². The third-order valence-corrected chi connectivity index (χ3v) is 3.02. The predicted molar refractivity (Wildman–Crippen MR) is 61.0 cm³/mol. The molecular weight excluding hydrogens is 158 g/mol. The van der Waals surface area contributed by atoms with E-state index in [1.165, 1.54) is 24.8 Å². The number of hydrogen-bond donors (Lipinski definition) is 1. The van der Waals surface area contributed by atoms with Crippen molar-refractivity contribution in [1.82, 2.24) is 5.32 Å². The molecule has 0 saturated heterocycles. The lowest BCUT2D eigenvalue weighted by atomic mass is 9.90. The van der Waals surface area contributed by atoms with Gasteiger partial charge in [-0.15, -0.1) is 0 Å². The Kier molecular flexibility index (Phi) is 6.06. The van der Waals surface area contributed by atoms with E-state index in [-0.39, 0.29) is 0 Å².